The van der Waals surface area contributed by atoms with Gasteiger partial charge in [0, 0.05) is 18.6 Å². The van der Waals surface area contributed by atoms with E-state index in [4.69, 9.17) is 5.73 Å². The molecule has 2 unspecified atom stereocenters. The van der Waals surface area contributed by atoms with Gasteiger partial charge in [-0.1, -0.05) is 27.7 Å². The standard InChI is InChI=1S/C12H28N2/c1-7-10(2)14(6)11(9-13)8-12(3,4)5/h10-11H,7-9,13H2,1-6H3. The van der Waals surface area contributed by atoms with Crippen LogP contribution in [0.5, 0.6) is 0 Å². The third-order valence-electron chi connectivity index (χ3n) is 2.98. The minimum Gasteiger partial charge on any atom is -0.329 e. The van der Waals surface area contributed by atoms with Gasteiger partial charge in [-0.05, 0) is 32.2 Å². The van der Waals surface area contributed by atoms with Crippen molar-refractivity contribution in [3.8, 4) is 0 Å². The Balaban J connectivity index is 4.26. The van der Waals surface area contributed by atoms with Crippen LogP contribution in [0.4, 0.5) is 0 Å². The number of hydrogen-bond acceptors (Lipinski definition) is 2. The molecule has 0 saturated heterocycles. The Labute approximate surface area is 89.9 Å². The first kappa shape index (κ1) is 13.9. The van der Waals surface area contributed by atoms with Gasteiger partial charge in [0.15, 0.2) is 0 Å². The van der Waals surface area contributed by atoms with Crippen LogP contribution in [0.2, 0.25) is 0 Å². The molecule has 0 heterocycles. The Morgan fingerprint density at radius 1 is 1.29 bits per heavy atom. The van der Waals surface area contributed by atoms with E-state index in [1.807, 2.05) is 0 Å². The minimum atomic E-state index is 0.367. The third kappa shape index (κ3) is 4.97. The Morgan fingerprint density at radius 3 is 2.07 bits per heavy atom. The molecule has 2 nitrogen and oxygen atoms in total. The van der Waals surface area contributed by atoms with Crippen LogP contribution >= 0.6 is 0 Å². The molecular weight excluding hydrogens is 172 g/mol. The van der Waals surface area contributed by atoms with E-state index in [0.29, 0.717) is 17.5 Å². The van der Waals surface area contributed by atoms with Crippen LogP contribution in [0.25, 0.3) is 0 Å². The van der Waals surface area contributed by atoms with Crippen molar-refractivity contribution in [2.45, 2.75) is 59.5 Å². The van der Waals surface area contributed by atoms with Crippen molar-refractivity contribution in [3.05, 3.63) is 0 Å². The minimum absolute atomic E-state index is 0.367. The summed E-state index contributed by atoms with van der Waals surface area (Å²) in [5, 5.41) is 0. The van der Waals surface area contributed by atoms with Crippen molar-refractivity contribution in [2.75, 3.05) is 13.6 Å². The maximum atomic E-state index is 5.83. The van der Waals surface area contributed by atoms with Crippen molar-refractivity contribution in [2.24, 2.45) is 11.1 Å². The highest BCUT2D eigenvalue weighted by atomic mass is 15.2. The average Bonchev–Trinajstić information content (AvgIpc) is 2.10. The van der Waals surface area contributed by atoms with E-state index in [-0.39, 0.29) is 0 Å². The highest BCUT2D eigenvalue weighted by molar-refractivity contribution is 4.79. The molecule has 0 aliphatic carbocycles. The molecule has 0 radical (unpaired) electrons. The van der Waals surface area contributed by atoms with Crippen molar-refractivity contribution in [1.29, 1.82) is 0 Å². The van der Waals surface area contributed by atoms with Gasteiger partial charge in [0.1, 0.15) is 0 Å². The molecule has 0 bridgehead atoms. The molecule has 0 amide bonds. The number of nitrogens with two attached hydrogens (primary N) is 1. The molecule has 86 valence electrons. The van der Waals surface area contributed by atoms with E-state index >= 15 is 0 Å². The Bertz CT molecular complexity index is 149. The Kier molecular flexibility index (Phi) is 5.68. The first-order chi connectivity index (χ1) is 6.31. The average molecular weight is 200 g/mol. The second-order valence-electron chi connectivity index (χ2n) is 5.58. The SMILES string of the molecule is CCC(C)N(C)C(CN)CC(C)(C)C. The van der Waals surface area contributed by atoms with Crippen LogP contribution in [0.3, 0.4) is 0 Å². The van der Waals surface area contributed by atoms with E-state index in [1.165, 1.54) is 12.8 Å². The zero-order valence-corrected chi connectivity index (χ0v) is 10.8. The monoisotopic (exact) mass is 200 g/mol. The van der Waals surface area contributed by atoms with Crippen molar-refractivity contribution in [3.63, 3.8) is 0 Å². The second kappa shape index (κ2) is 5.72. The number of rotatable bonds is 5. The summed E-state index contributed by atoms with van der Waals surface area (Å²) in [6.45, 7) is 12.1. The second-order valence-corrected chi connectivity index (χ2v) is 5.58. The van der Waals surface area contributed by atoms with Gasteiger partial charge in [0.25, 0.3) is 0 Å². The molecule has 0 saturated carbocycles. The van der Waals surface area contributed by atoms with Crippen molar-refractivity contribution >= 4 is 0 Å². The molecule has 2 N–H and O–H groups in total. The maximum Gasteiger partial charge on any atom is 0.0223 e. The fraction of sp³-hybridized carbons (Fsp3) is 1.00. The lowest BCUT2D eigenvalue weighted by molar-refractivity contribution is 0.141. The molecule has 14 heavy (non-hydrogen) atoms. The van der Waals surface area contributed by atoms with Gasteiger partial charge in [-0.25, -0.2) is 0 Å². The first-order valence-corrected chi connectivity index (χ1v) is 5.73. The molecule has 0 aromatic rings. The quantitative estimate of drug-likeness (QED) is 0.739. The summed E-state index contributed by atoms with van der Waals surface area (Å²) >= 11 is 0. The highest BCUT2D eigenvalue weighted by Crippen LogP contribution is 2.23. The van der Waals surface area contributed by atoms with Crippen LogP contribution in [0.15, 0.2) is 0 Å². The summed E-state index contributed by atoms with van der Waals surface area (Å²) in [6.07, 6.45) is 2.36. The molecule has 2 atom stereocenters. The van der Waals surface area contributed by atoms with Gasteiger partial charge in [-0.15, -0.1) is 0 Å². The molecule has 0 aliphatic heterocycles. The molecular formula is C12H28N2. The van der Waals surface area contributed by atoms with Gasteiger partial charge in [0.05, 0.1) is 0 Å². The number of hydrogen-bond donors (Lipinski definition) is 1. The van der Waals surface area contributed by atoms with Crippen LogP contribution in [0.1, 0.15) is 47.5 Å². The molecule has 0 aromatic heterocycles. The van der Waals surface area contributed by atoms with Gasteiger partial charge in [0.2, 0.25) is 0 Å². The molecule has 0 aromatic carbocycles. The lowest BCUT2D eigenvalue weighted by Crippen LogP contribution is -2.44. The number of likely N-dealkylation sites (N-methyl/N-ethyl adjacent to an activating group) is 1. The summed E-state index contributed by atoms with van der Waals surface area (Å²) in [6, 6.07) is 1.15. The largest absolute Gasteiger partial charge is 0.329 e. The van der Waals surface area contributed by atoms with Crippen LogP contribution in [0, 0.1) is 5.41 Å². The lowest BCUT2D eigenvalue weighted by Gasteiger charge is -2.35. The van der Waals surface area contributed by atoms with Crippen molar-refractivity contribution < 1.29 is 0 Å². The Morgan fingerprint density at radius 2 is 1.79 bits per heavy atom. The summed E-state index contributed by atoms with van der Waals surface area (Å²) in [7, 11) is 2.19. The molecule has 0 fully saturated rings. The summed E-state index contributed by atoms with van der Waals surface area (Å²) in [4.78, 5) is 2.42. The summed E-state index contributed by atoms with van der Waals surface area (Å²) in [5.41, 5.74) is 6.20. The highest BCUT2D eigenvalue weighted by Gasteiger charge is 2.23. The predicted molar refractivity (Wildman–Crippen MR) is 64.4 cm³/mol. The zero-order chi connectivity index (χ0) is 11.4. The van der Waals surface area contributed by atoms with Gasteiger partial charge in [-0.2, -0.15) is 0 Å². The fourth-order valence-corrected chi connectivity index (χ4v) is 1.75. The summed E-state index contributed by atoms with van der Waals surface area (Å²) < 4.78 is 0. The smallest absolute Gasteiger partial charge is 0.0223 e. The normalized spacial score (nSPS) is 17.1. The fourth-order valence-electron chi connectivity index (χ4n) is 1.75. The topological polar surface area (TPSA) is 29.3 Å². The van der Waals surface area contributed by atoms with Gasteiger partial charge >= 0.3 is 0 Å². The van der Waals surface area contributed by atoms with Crippen LogP contribution < -0.4 is 5.73 Å². The molecule has 0 rings (SSSR count). The Hall–Kier alpha value is -0.0800. The van der Waals surface area contributed by atoms with E-state index in [0.717, 1.165) is 6.54 Å². The first-order valence-electron chi connectivity index (χ1n) is 5.73. The van der Waals surface area contributed by atoms with Gasteiger partial charge < -0.3 is 5.73 Å². The molecule has 2 heteroatoms. The summed E-state index contributed by atoms with van der Waals surface area (Å²) in [5.74, 6) is 0. The van der Waals surface area contributed by atoms with Crippen molar-refractivity contribution in [1.82, 2.24) is 4.90 Å². The number of nitrogens with zero attached hydrogens (tertiary/aromatic N) is 1. The third-order valence-corrected chi connectivity index (χ3v) is 2.98. The zero-order valence-electron chi connectivity index (χ0n) is 10.8. The maximum absolute atomic E-state index is 5.83. The lowest BCUT2D eigenvalue weighted by atomic mass is 9.87. The van der Waals surface area contributed by atoms with E-state index in [1.54, 1.807) is 0 Å². The van der Waals surface area contributed by atoms with Gasteiger partial charge in [-0.3, -0.25) is 4.90 Å². The van der Waals surface area contributed by atoms with Crippen LogP contribution in [-0.2, 0) is 0 Å². The van der Waals surface area contributed by atoms with E-state index in [9.17, 15) is 0 Å². The molecule has 0 aliphatic rings. The molecule has 0 spiro atoms. The van der Waals surface area contributed by atoms with Crippen LogP contribution in [-0.4, -0.2) is 30.6 Å². The van der Waals surface area contributed by atoms with E-state index < -0.39 is 0 Å². The predicted octanol–water partition coefficient (Wildman–Crippen LogP) is 2.48. The van der Waals surface area contributed by atoms with E-state index in [2.05, 4.69) is 46.6 Å².